The number of ether oxygens (including phenoxy) is 1. The van der Waals surface area contributed by atoms with Crippen LogP contribution in [-0.4, -0.2) is 59.3 Å². The van der Waals surface area contributed by atoms with Crippen molar-refractivity contribution >= 4 is 11.8 Å². The average Bonchev–Trinajstić information content (AvgIpc) is 2.92. The van der Waals surface area contributed by atoms with Gasteiger partial charge in [-0.25, -0.2) is 0 Å². The second-order valence-corrected chi connectivity index (χ2v) is 5.32. The van der Waals surface area contributed by atoms with Gasteiger partial charge >= 0.3 is 0 Å². The average molecular weight is 280 g/mol. The predicted molar refractivity (Wildman–Crippen MR) is 72.1 cm³/mol. The van der Waals surface area contributed by atoms with Crippen LogP contribution >= 0.6 is 0 Å². The van der Waals surface area contributed by atoms with Gasteiger partial charge in [-0.05, 0) is 5.92 Å². The second kappa shape index (κ2) is 6.51. The first-order valence-corrected chi connectivity index (χ1v) is 6.72. The third kappa shape index (κ3) is 3.80. The molecular formula is C13H20N4O3. The summed E-state index contributed by atoms with van der Waals surface area (Å²) in [6.45, 7) is 5.83. The van der Waals surface area contributed by atoms with Gasteiger partial charge in [-0.3, -0.25) is 14.7 Å². The van der Waals surface area contributed by atoms with Crippen LogP contribution in [0.1, 0.15) is 24.2 Å². The fourth-order valence-electron chi connectivity index (χ4n) is 2.11. The van der Waals surface area contributed by atoms with E-state index < -0.39 is 0 Å². The van der Waals surface area contributed by atoms with E-state index in [0.717, 1.165) is 0 Å². The fourth-order valence-corrected chi connectivity index (χ4v) is 2.11. The zero-order valence-electron chi connectivity index (χ0n) is 11.8. The van der Waals surface area contributed by atoms with E-state index >= 15 is 0 Å². The van der Waals surface area contributed by atoms with Gasteiger partial charge in [0.25, 0.3) is 5.91 Å². The van der Waals surface area contributed by atoms with Gasteiger partial charge in [-0.15, -0.1) is 0 Å². The molecular weight excluding hydrogens is 260 g/mol. The number of nitrogens with one attached hydrogen (secondary N) is 2. The van der Waals surface area contributed by atoms with Crippen molar-refractivity contribution in [3.63, 3.8) is 0 Å². The van der Waals surface area contributed by atoms with Crippen molar-refractivity contribution in [3.05, 3.63) is 18.0 Å². The molecule has 0 saturated carbocycles. The molecule has 2 N–H and O–H groups in total. The predicted octanol–water partition coefficient (Wildman–Crippen LogP) is 0.0229. The van der Waals surface area contributed by atoms with E-state index in [1.54, 1.807) is 4.90 Å². The zero-order chi connectivity index (χ0) is 14.5. The van der Waals surface area contributed by atoms with Gasteiger partial charge in [0.15, 0.2) is 0 Å². The minimum absolute atomic E-state index is 0.0103. The first-order valence-electron chi connectivity index (χ1n) is 6.72. The molecule has 2 rings (SSSR count). The Morgan fingerprint density at radius 3 is 3.10 bits per heavy atom. The van der Waals surface area contributed by atoms with Crippen molar-refractivity contribution in [1.29, 1.82) is 0 Å². The molecule has 1 aliphatic heterocycles. The number of rotatable bonds is 5. The first kappa shape index (κ1) is 14.5. The highest BCUT2D eigenvalue weighted by Crippen LogP contribution is 2.09. The Balaban J connectivity index is 1.81. The van der Waals surface area contributed by atoms with Gasteiger partial charge in [0.05, 0.1) is 17.9 Å². The maximum absolute atomic E-state index is 11.8. The molecule has 0 bridgehead atoms. The molecule has 1 fully saturated rings. The Morgan fingerprint density at radius 1 is 1.65 bits per heavy atom. The molecule has 1 saturated heterocycles. The van der Waals surface area contributed by atoms with E-state index in [1.165, 1.54) is 12.4 Å². The third-order valence-electron chi connectivity index (χ3n) is 3.06. The van der Waals surface area contributed by atoms with Crippen molar-refractivity contribution in [3.8, 4) is 0 Å². The summed E-state index contributed by atoms with van der Waals surface area (Å²) in [6, 6.07) is 0. The maximum Gasteiger partial charge on any atom is 0.254 e. The lowest BCUT2D eigenvalue weighted by Gasteiger charge is -2.33. The summed E-state index contributed by atoms with van der Waals surface area (Å²) in [6.07, 6.45) is 2.83. The van der Waals surface area contributed by atoms with Crippen LogP contribution in [0.5, 0.6) is 0 Å². The molecule has 1 atom stereocenters. The number of carbonyl (C=O) groups is 2. The largest absolute Gasteiger partial charge is 0.365 e. The molecule has 0 spiro atoms. The lowest BCUT2D eigenvalue weighted by molar-refractivity contribution is -0.149. The number of nitrogens with zero attached hydrogens (tertiary/aromatic N) is 2. The van der Waals surface area contributed by atoms with Crippen LogP contribution < -0.4 is 5.32 Å². The summed E-state index contributed by atoms with van der Waals surface area (Å²) in [7, 11) is 0. The summed E-state index contributed by atoms with van der Waals surface area (Å²) in [5.41, 5.74) is 0.482. The van der Waals surface area contributed by atoms with Crippen LogP contribution in [0.25, 0.3) is 0 Å². The first-order chi connectivity index (χ1) is 9.56. The number of aromatic nitrogens is 2. The number of hydrogen-bond acceptors (Lipinski definition) is 4. The summed E-state index contributed by atoms with van der Waals surface area (Å²) < 4.78 is 5.44. The van der Waals surface area contributed by atoms with Crippen molar-refractivity contribution in [1.82, 2.24) is 20.4 Å². The Bertz CT molecular complexity index is 458. The Kier molecular flexibility index (Phi) is 4.73. The standard InChI is InChI=1S/C13H20N4O3/c1-9(2)6-17-7-11(20-8-12(17)18)5-14-13(19)10-3-15-16-4-10/h3-4,9,11H,5-8H2,1-2H3,(H,14,19)(H,15,16). The summed E-state index contributed by atoms with van der Waals surface area (Å²) in [5, 5.41) is 9.09. The minimum atomic E-state index is -0.199. The lowest BCUT2D eigenvalue weighted by atomic mass is 10.1. The highest BCUT2D eigenvalue weighted by atomic mass is 16.5. The monoisotopic (exact) mass is 280 g/mol. The summed E-state index contributed by atoms with van der Waals surface area (Å²) >= 11 is 0. The van der Waals surface area contributed by atoms with Crippen LogP contribution in [0.3, 0.4) is 0 Å². The number of H-pyrrole nitrogens is 1. The van der Waals surface area contributed by atoms with E-state index in [2.05, 4.69) is 29.4 Å². The molecule has 7 nitrogen and oxygen atoms in total. The number of hydrogen-bond donors (Lipinski definition) is 2. The Hall–Kier alpha value is -1.89. The van der Waals surface area contributed by atoms with E-state index in [0.29, 0.717) is 31.1 Å². The van der Waals surface area contributed by atoms with E-state index in [-0.39, 0.29) is 24.5 Å². The molecule has 1 aromatic heterocycles. The highest BCUT2D eigenvalue weighted by molar-refractivity contribution is 5.93. The minimum Gasteiger partial charge on any atom is -0.365 e. The van der Waals surface area contributed by atoms with Crippen LogP contribution in [0.4, 0.5) is 0 Å². The molecule has 20 heavy (non-hydrogen) atoms. The van der Waals surface area contributed by atoms with Gasteiger partial charge in [0.1, 0.15) is 6.61 Å². The normalized spacial score (nSPS) is 19.4. The second-order valence-electron chi connectivity index (χ2n) is 5.32. The van der Waals surface area contributed by atoms with E-state index in [4.69, 9.17) is 4.74 Å². The molecule has 110 valence electrons. The molecule has 0 radical (unpaired) electrons. The van der Waals surface area contributed by atoms with Crippen molar-refractivity contribution in [2.45, 2.75) is 20.0 Å². The number of morpholine rings is 1. The molecule has 0 aliphatic carbocycles. The number of aromatic amines is 1. The SMILES string of the molecule is CC(C)CN1CC(CNC(=O)c2cn[nH]c2)OCC1=O. The summed E-state index contributed by atoms with van der Waals surface area (Å²) in [5.74, 6) is 0.226. The lowest BCUT2D eigenvalue weighted by Crippen LogP contribution is -2.51. The maximum atomic E-state index is 11.8. The quantitative estimate of drug-likeness (QED) is 0.796. The van der Waals surface area contributed by atoms with Crippen LogP contribution in [0.2, 0.25) is 0 Å². The van der Waals surface area contributed by atoms with Crippen molar-refractivity contribution in [2.24, 2.45) is 5.92 Å². The fraction of sp³-hybridized carbons (Fsp3) is 0.615. The molecule has 0 aromatic carbocycles. The molecule has 2 heterocycles. The van der Waals surface area contributed by atoms with Gasteiger partial charge in [-0.1, -0.05) is 13.8 Å². The van der Waals surface area contributed by atoms with Crippen LogP contribution in [0.15, 0.2) is 12.4 Å². The Morgan fingerprint density at radius 2 is 2.45 bits per heavy atom. The molecule has 7 heteroatoms. The van der Waals surface area contributed by atoms with Gasteiger partial charge < -0.3 is 15.0 Å². The summed E-state index contributed by atoms with van der Waals surface area (Å²) in [4.78, 5) is 25.3. The number of carbonyl (C=O) groups excluding carboxylic acids is 2. The molecule has 1 unspecified atom stereocenters. The van der Waals surface area contributed by atoms with Crippen molar-refractivity contribution in [2.75, 3.05) is 26.2 Å². The zero-order valence-corrected chi connectivity index (χ0v) is 11.8. The highest BCUT2D eigenvalue weighted by Gasteiger charge is 2.26. The Labute approximate surface area is 117 Å². The topological polar surface area (TPSA) is 87.3 Å². The number of amides is 2. The molecule has 1 aliphatic rings. The van der Waals surface area contributed by atoms with Gasteiger partial charge in [0.2, 0.25) is 5.91 Å². The van der Waals surface area contributed by atoms with Crippen LogP contribution in [0, 0.1) is 5.92 Å². The van der Waals surface area contributed by atoms with E-state index in [9.17, 15) is 9.59 Å². The smallest absolute Gasteiger partial charge is 0.254 e. The van der Waals surface area contributed by atoms with Crippen LogP contribution in [-0.2, 0) is 9.53 Å². The van der Waals surface area contributed by atoms with Gasteiger partial charge in [0, 0.05) is 25.8 Å². The van der Waals surface area contributed by atoms with Gasteiger partial charge in [-0.2, -0.15) is 5.10 Å². The van der Waals surface area contributed by atoms with E-state index in [1.807, 2.05) is 0 Å². The molecule has 2 amide bonds. The molecule has 1 aromatic rings. The third-order valence-corrected chi connectivity index (χ3v) is 3.06. The van der Waals surface area contributed by atoms with Crippen molar-refractivity contribution < 1.29 is 14.3 Å².